The summed E-state index contributed by atoms with van der Waals surface area (Å²) in [5.74, 6) is 1.80. The Morgan fingerprint density at radius 1 is 0.778 bits per heavy atom. The van der Waals surface area contributed by atoms with Crippen molar-refractivity contribution in [2.45, 2.75) is 19.4 Å². The van der Waals surface area contributed by atoms with Crippen LogP contribution >= 0.6 is 0 Å². The molecular weight excluding hydrogens is 452 g/mol. The molecule has 0 aliphatic carbocycles. The van der Waals surface area contributed by atoms with Gasteiger partial charge in [-0.15, -0.1) is 0 Å². The van der Waals surface area contributed by atoms with E-state index in [1.165, 1.54) is 0 Å². The zero-order valence-corrected chi connectivity index (χ0v) is 20.0. The Morgan fingerprint density at radius 2 is 1.50 bits per heavy atom. The standard InChI is InChI=1S/C29H28N4O3/c34-29-26(18-23-11-12-24(36-23)19-32-13-15-35-16-14-32)31-28-25(17-21-7-3-1-4-8-21)30-27(20-33(28)29)22-9-5-2-6-10-22/h1-12,20,34H,13-19H2. The lowest BCUT2D eigenvalue weighted by Gasteiger charge is -2.25. The van der Waals surface area contributed by atoms with Crippen LogP contribution in [0.1, 0.15) is 28.5 Å². The summed E-state index contributed by atoms with van der Waals surface area (Å²) in [5, 5.41) is 11.2. The van der Waals surface area contributed by atoms with Crippen molar-refractivity contribution in [2.24, 2.45) is 0 Å². The van der Waals surface area contributed by atoms with Crippen molar-refractivity contribution in [1.29, 1.82) is 0 Å². The topological polar surface area (TPSA) is 76.0 Å². The largest absolute Gasteiger partial charge is 0.493 e. The Kier molecular flexibility index (Phi) is 6.24. The lowest BCUT2D eigenvalue weighted by Crippen LogP contribution is -2.35. The van der Waals surface area contributed by atoms with Crippen LogP contribution in [0.5, 0.6) is 5.88 Å². The number of aromatic nitrogens is 3. The number of nitrogens with zero attached hydrogens (tertiary/aromatic N) is 4. The summed E-state index contributed by atoms with van der Waals surface area (Å²) in [5.41, 5.74) is 4.97. The number of imidazole rings is 1. The quantitative estimate of drug-likeness (QED) is 0.364. The number of benzene rings is 2. The number of hydrogen-bond acceptors (Lipinski definition) is 6. The Morgan fingerprint density at radius 3 is 2.28 bits per heavy atom. The Hall–Kier alpha value is -3.94. The van der Waals surface area contributed by atoms with Crippen molar-refractivity contribution < 1.29 is 14.3 Å². The highest BCUT2D eigenvalue weighted by atomic mass is 16.5. The van der Waals surface area contributed by atoms with Crippen LogP contribution in [0.3, 0.4) is 0 Å². The van der Waals surface area contributed by atoms with Gasteiger partial charge < -0.3 is 14.3 Å². The molecule has 1 saturated heterocycles. The Labute approximate surface area is 209 Å². The number of rotatable bonds is 7. The zero-order chi connectivity index (χ0) is 24.3. The molecule has 5 aromatic rings. The van der Waals surface area contributed by atoms with Crippen LogP contribution in [0.25, 0.3) is 16.9 Å². The van der Waals surface area contributed by atoms with Gasteiger partial charge in [-0.25, -0.2) is 9.97 Å². The molecule has 0 atom stereocenters. The second-order valence-electron chi connectivity index (χ2n) is 9.11. The second-order valence-corrected chi connectivity index (χ2v) is 9.11. The third kappa shape index (κ3) is 4.76. The zero-order valence-electron chi connectivity index (χ0n) is 20.0. The molecule has 2 aromatic carbocycles. The van der Waals surface area contributed by atoms with Gasteiger partial charge in [-0.2, -0.15) is 0 Å². The van der Waals surface area contributed by atoms with Gasteiger partial charge in [-0.05, 0) is 17.7 Å². The highest BCUT2D eigenvalue weighted by molar-refractivity contribution is 5.63. The molecule has 4 heterocycles. The van der Waals surface area contributed by atoms with E-state index in [1.807, 2.05) is 66.9 Å². The molecule has 36 heavy (non-hydrogen) atoms. The molecule has 3 aromatic heterocycles. The first-order chi connectivity index (χ1) is 17.7. The van der Waals surface area contributed by atoms with Gasteiger partial charge in [0.25, 0.3) is 0 Å². The Balaban J connectivity index is 1.33. The van der Waals surface area contributed by atoms with E-state index in [9.17, 15) is 5.11 Å². The smallest absolute Gasteiger partial charge is 0.219 e. The van der Waals surface area contributed by atoms with E-state index in [0.717, 1.165) is 66.9 Å². The van der Waals surface area contributed by atoms with Gasteiger partial charge in [0, 0.05) is 31.3 Å². The first kappa shape index (κ1) is 22.5. The summed E-state index contributed by atoms with van der Waals surface area (Å²) in [6, 6.07) is 24.2. The number of fused-ring (bicyclic) bond motifs is 1. The third-order valence-corrected chi connectivity index (χ3v) is 6.55. The minimum Gasteiger partial charge on any atom is -0.493 e. The van der Waals surface area contributed by atoms with Gasteiger partial charge in [0.15, 0.2) is 5.65 Å². The summed E-state index contributed by atoms with van der Waals surface area (Å²) >= 11 is 0. The number of ether oxygens (including phenoxy) is 1. The van der Waals surface area contributed by atoms with Gasteiger partial charge in [0.1, 0.15) is 17.2 Å². The molecule has 182 valence electrons. The van der Waals surface area contributed by atoms with E-state index < -0.39 is 0 Å². The SMILES string of the molecule is Oc1c(Cc2ccc(CN3CCOCC3)o2)nc2c(Cc3ccccc3)nc(-c3ccccc3)cn12. The first-order valence-electron chi connectivity index (χ1n) is 12.3. The van der Waals surface area contributed by atoms with Crippen molar-refractivity contribution in [3.63, 3.8) is 0 Å². The number of morpholine rings is 1. The molecule has 1 fully saturated rings. The van der Waals surface area contributed by atoms with Gasteiger partial charge in [0.05, 0.1) is 37.6 Å². The number of hydrogen-bond donors (Lipinski definition) is 1. The van der Waals surface area contributed by atoms with Crippen molar-refractivity contribution in [3.05, 3.63) is 107 Å². The van der Waals surface area contributed by atoms with E-state index in [-0.39, 0.29) is 5.88 Å². The summed E-state index contributed by atoms with van der Waals surface area (Å²) in [6.07, 6.45) is 2.88. The maximum Gasteiger partial charge on any atom is 0.219 e. The predicted octanol–water partition coefficient (Wildman–Crippen LogP) is 4.71. The molecule has 7 heteroatoms. The number of aromatic hydroxyl groups is 1. The van der Waals surface area contributed by atoms with Gasteiger partial charge >= 0.3 is 0 Å². The first-order valence-corrected chi connectivity index (χ1v) is 12.3. The van der Waals surface area contributed by atoms with Crippen LogP contribution in [0, 0.1) is 0 Å². The molecule has 1 N–H and O–H groups in total. The van der Waals surface area contributed by atoms with Crippen molar-refractivity contribution in [1.82, 2.24) is 19.3 Å². The summed E-state index contributed by atoms with van der Waals surface area (Å²) in [6.45, 7) is 4.08. The fourth-order valence-corrected chi connectivity index (χ4v) is 4.66. The van der Waals surface area contributed by atoms with Crippen LogP contribution in [-0.2, 0) is 24.1 Å². The minimum atomic E-state index is 0.116. The normalized spacial score (nSPS) is 14.4. The minimum absolute atomic E-state index is 0.116. The molecule has 0 amide bonds. The van der Waals surface area contributed by atoms with Crippen LogP contribution in [-0.4, -0.2) is 50.7 Å². The molecule has 0 radical (unpaired) electrons. The molecule has 0 spiro atoms. The molecule has 7 nitrogen and oxygen atoms in total. The average Bonchev–Trinajstić information content (AvgIpc) is 3.49. The van der Waals surface area contributed by atoms with Crippen molar-refractivity contribution in [2.75, 3.05) is 26.3 Å². The molecule has 0 saturated carbocycles. The third-order valence-electron chi connectivity index (χ3n) is 6.55. The molecule has 0 unspecified atom stereocenters. The van der Waals surface area contributed by atoms with Gasteiger partial charge in [0.2, 0.25) is 5.88 Å². The predicted molar refractivity (Wildman–Crippen MR) is 137 cm³/mol. The van der Waals surface area contributed by atoms with E-state index in [4.69, 9.17) is 19.1 Å². The average molecular weight is 481 g/mol. The maximum atomic E-state index is 11.2. The number of furan rings is 1. The lowest BCUT2D eigenvalue weighted by atomic mass is 10.1. The Bertz CT molecular complexity index is 1450. The van der Waals surface area contributed by atoms with Crippen molar-refractivity contribution >= 4 is 5.65 Å². The molecule has 1 aliphatic rings. The van der Waals surface area contributed by atoms with E-state index >= 15 is 0 Å². The highest BCUT2D eigenvalue weighted by Crippen LogP contribution is 2.28. The molecule has 1 aliphatic heterocycles. The van der Waals surface area contributed by atoms with Gasteiger partial charge in [-0.3, -0.25) is 9.30 Å². The van der Waals surface area contributed by atoms with E-state index in [0.29, 0.717) is 24.2 Å². The van der Waals surface area contributed by atoms with Crippen LogP contribution < -0.4 is 0 Å². The molecule has 6 rings (SSSR count). The summed E-state index contributed by atoms with van der Waals surface area (Å²) < 4.78 is 13.3. The lowest BCUT2D eigenvalue weighted by molar-refractivity contribution is 0.0312. The fourth-order valence-electron chi connectivity index (χ4n) is 4.66. The second kappa shape index (κ2) is 9.97. The van der Waals surface area contributed by atoms with Gasteiger partial charge in [-0.1, -0.05) is 60.7 Å². The monoisotopic (exact) mass is 480 g/mol. The fraction of sp³-hybridized carbons (Fsp3) is 0.241. The van der Waals surface area contributed by atoms with Crippen LogP contribution in [0.2, 0.25) is 0 Å². The van der Waals surface area contributed by atoms with E-state index in [2.05, 4.69) is 17.0 Å². The van der Waals surface area contributed by atoms with Crippen molar-refractivity contribution in [3.8, 4) is 17.1 Å². The van der Waals surface area contributed by atoms with Crippen LogP contribution in [0.4, 0.5) is 0 Å². The summed E-state index contributed by atoms with van der Waals surface area (Å²) in [4.78, 5) is 12.1. The van der Waals surface area contributed by atoms with Crippen LogP contribution in [0.15, 0.2) is 83.4 Å². The molecular formula is C29H28N4O3. The van der Waals surface area contributed by atoms with E-state index in [1.54, 1.807) is 4.40 Å². The summed E-state index contributed by atoms with van der Waals surface area (Å²) in [7, 11) is 0. The highest BCUT2D eigenvalue weighted by Gasteiger charge is 2.19. The molecule has 0 bridgehead atoms. The maximum absolute atomic E-state index is 11.2.